The van der Waals surface area contributed by atoms with Crippen LogP contribution in [0.25, 0.3) is 10.9 Å². The molecule has 1 aliphatic heterocycles. The van der Waals surface area contributed by atoms with Crippen LogP contribution in [0.3, 0.4) is 0 Å². The summed E-state index contributed by atoms with van der Waals surface area (Å²) >= 11 is 0. The van der Waals surface area contributed by atoms with Crippen LogP contribution in [0.4, 0.5) is 10.5 Å². The number of hydrogen-bond acceptors (Lipinski definition) is 4. The second kappa shape index (κ2) is 9.54. The number of nitrogens with zero attached hydrogens (tertiary/aromatic N) is 1. The quantitative estimate of drug-likeness (QED) is 0.637. The van der Waals surface area contributed by atoms with Crippen molar-refractivity contribution in [3.63, 3.8) is 0 Å². The summed E-state index contributed by atoms with van der Waals surface area (Å²) in [5.41, 5.74) is 5.10. The van der Waals surface area contributed by atoms with E-state index in [9.17, 15) is 9.59 Å². The van der Waals surface area contributed by atoms with Crippen molar-refractivity contribution in [1.29, 1.82) is 0 Å². The van der Waals surface area contributed by atoms with Gasteiger partial charge in [-0.3, -0.25) is 4.79 Å². The highest BCUT2D eigenvalue weighted by Gasteiger charge is 2.23. The summed E-state index contributed by atoms with van der Waals surface area (Å²) in [4.78, 5) is 30.6. The molecule has 2 amide bonds. The number of H-pyrrole nitrogens is 1. The fourth-order valence-corrected chi connectivity index (χ4v) is 4.00. The number of carbonyl (C=O) groups excluding carboxylic acids is 1. The van der Waals surface area contributed by atoms with Crippen molar-refractivity contribution in [2.75, 3.05) is 31.7 Å². The average Bonchev–Trinajstić information content (AvgIpc) is 2.76. The van der Waals surface area contributed by atoms with Gasteiger partial charge in [-0.05, 0) is 56.0 Å². The number of aromatic nitrogens is 1. The van der Waals surface area contributed by atoms with Gasteiger partial charge in [-0.25, -0.2) is 4.79 Å². The van der Waals surface area contributed by atoms with Crippen LogP contribution in [0.5, 0.6) is 0 Å². The first-order valence-corrected chi connectivity index (χ1v) is 10.8. The summed E-state index contributed by atoms with van der Waals surface area (Å²) < 4.78 is 11.3. The molecule has 0 saturated carbocycles. The lowest BCUT2D eigenvalue weighted by molar-refractivity contribution is -0.0943. The molecule has 7 heteroatoms. The third-order valence-electron chi connectivity index (χ3n) is 5.63. The van der Waals surface area contributed by atoms with Crippen LogP contribution >= 0.6 is 0 Å². The zero-order valence-corrected chi connectivity index (χ0v) is 18.7. The average molecular weight is 436 g/mol. The molecule has 0 spiro atoms. The van der Waals surface area contributed by atoms with Crippen LogP contribution in [0.1, 0.15) is 22.3 Å². The van der Waals surface area contributed by atoms with Gasteiger partial charge in [0, 0.05) is 11.3 Å². The van der Waals surface area contributed by atoms with E-state index in [0.717, 1.165) is 27.6 Å². The Bertz CT molecular complexity index is 1160. The van der Waals surface area contributed by atoms with Crippen LogP contribution in [0.15, 0.2) is 47.3 Å². The van der Waals surface area contributed by atoms with Gasteiger partial charge < -0.3 is 24.7 Å². The Morgan fingerprint density at radius 2 is 1.88 bits per heavy atom. The molecule has 4 rings (SSSR count). The molecule has 0 aliphatic carbocycles. The van der Waals surface area contributed by atoms with E-state index in [4.69, 9.17) is 9.47 Å². The Balaban J connectivity index is 1.61. The van der Waals surface area contributed by atoms with Crippen LogP contribution in [0.2, 0.25) is 0 Å². The predicted molar refractivity (Wildman–Crippen MR) is 125 cm³/mol. The highest BCUT2D eigenvalue weighted by atomic mass is 16.6. The Labute approximate surface area is 187 Å². The lowest BCUT2D eigenvalue weighted by atomic mass is 10.1. The van der Waals surface area contributed by atoms with Crippen molar-refractivity contribution >= 4 is 22.6 Å². The van der Waals surface area contributed by atoms with Gasteiger partial charge in [0.25, 0.3) is 5.56 Å². The molecule has 0 radical (unpaired) electrons. The molecule has 0 unspecified atom stereocenters. The largest absolute Gasteiger partial charge is 0.376 e. The number of amides is 2. The maximum Gasteiger partial charge on any atom is 0.322 e. The molecule has 0 bridgehead atoms. The fourth-order valence-electron chi connectivity index (χ4n) is 4.00. The highest BCUT2D eigenvalue weighted by Crippen LogP contribution is 2.19. The number of pyridine rings is 1. The van der Waals surface area contributed by atoms with Gasteiger partial charge in [0.05, 0.1) is 44.5 Å². The Morgan fingerprint density at radius 1 is 1.09 bits per heavy atom. The van der Waals surface area contributed by atoms with Crippen molar-refractivity contribution in [3.05, 3.63) is 75.1 Å². The van der Waals surface area contributed by atoms with E-state index in [0.29, 0.717) is 37.6 Å². The standard InChI is InChI=1S/C25H29N3O4/c1-16-4-6-21(7-5-16)26-25(30)28(14-22-15-31-8-9-32-22)13-20-12-19-11-17(2)10-18(3)23(19)27-24(20)29/h4-7,10-12,22H,8-9,13-15H2,1-3H3,(H,26,30)(H,27,29)/t22-/m0/s1. The van der Waals surface area contributed by atoms with E-state index in [1.165, 1.54) is 0 Å². The van der Waals surface area contributed by atoms with Gasteiger partial charge >= 0.3 is 6.03 Å². The van der Waals surface area contributed by atoms with Crippen LogP contribution in [-0.2, 0) is 16.0 Å². The van der Waals surface area contributed by atoms with Gasteiger partial charge in [-0.1, -0.05) is 29.3 Å². The Morgan fingerprint density at radius 3 is 2.59 bits per heavy atom. The van der Waals surface area contributed by atoms with Crippen molar-refractivity contribution in [1.82, 2.24) is 9.88 Å². The second-order valence-electron chi connectivity index (χ2n) is 8.41. The topological polar surface area (TPSA) is 83.7 Å². The molecule has 1 saturated heterocycles. The molecule has 1 fully saturated rings. The Kier molecular flexibility index (Phi) is 6.58. The number of rotatable bonds is 5. The molecule has 1 aliphatic rings. The fraction of sp³-hybridized carbons (Fsp3) is 0.360. The van der Waals surface area contributed by atoms with Gasteiger partial charge in [-0.15, -0.1) is 0 Å². The van der Waals surface area contributed by atoms with Gasteiger partial charge in [0.1, 0.15) is 0 Å². The van der Waals surface area contributed by atoms with Gasteiger partial charge in [0.15, 0.2) is 0 Å². The monoisotopic (exact) mass is 435 g/mol. The van der Waals surface area contributed by atoms with E-state index < -0.39 is 0 Å². The van der Waals surface area contributed by atoms with E-state index >= 15 is 0 Å². The molecule has 1 aromatic heterocycles. The SMILES string of the molecule is Cc1ccc(NC(=O)N(Cc2cc3cc(C)cc(C)c3[nH]c2=O)C[C@H]2COCCO2)cc1. The molecule has 168 valence electrons. The summed E-state index contributed by atoms with van der Waals surface area (Å²) in [5.74, 6) is 0. The minimum Gasteiger partial charge on any atom is -0.376 e. The van der Waals surface area contributed by atoms with E-state index in [-0.39, 0.29) is 24.2 Å². The van der Waals surface area contributed by atoms with E-state index in [1.54, 1.807) is 4.90 Å². The van der Waals surface area contributed by atoms with Crippen LogP contribution < -0.4 is 10.9 Å². The maximum atomic E-state index is 13.2. The molecule has 3 aromatic rings. The molecular weight excluding hydrogens is 406 g/mol. The van der Waals surface area contributed by atoms with Crippen molar-refractivity contribution in [3.8, 4) is 0 Å². The predicted octanol–water partition coefficient (Wildman–Crippen LogP) is 3.90. The molecule has 7 nitrogen and oxygen atoms in total. The highest BCUT2D eigenvalue weighted by molar-refractivity contribution is 5.89. The van der Waals surface area contributed by atoms with Crippen molar-refractivity contribution in [2.24, 2.45) is 0 Å². The smallest absolute Gasteiger partial charge is 0.322 e. The number of ether oxygens (including phenoxy) is 2. The molecular formula is C25H29N3O4. The number of fused-ring (bicyclic) bond motifs is 1. The summed E-state index contributed by atoms with van der Waals surface area (Å²) in [7, 11) is 0. The number of anilines is 1. The van der Waals surface area contributed by atoms with Crippen molar-refractivity contribution in [2.45, 2.75) is 33.4 Å². The molecule has 2 aromatic carbocycles. The lowest BCUT2D eigenvalue weighted by Gasteiger charge is -2.30. The molecule has 32 heavy (non-hydrogen) atoms. The van der Waals surface area contributed by atoms with Crippen LogP contribution in [-0.4, -0.2) is 48.4 Å². The zero-order chi connectivity index (χ0) is 22.7. The summed E-state index contributed by atoms with van der Waals surface area (Å²) in [5, 5.41) is 3.88. The number of hydrogen-bond donors (Lipinski definition) is 2. The minimum atomic E-state index is -0.289. The lowest BCUT2D eigenvalue weighted by Crippen LogP contribution is -2.44. The molecule has 2 N–H and O–H groups in total. The number of nitrogens with one attached hydrogen (secondary N) is 2. The zero-order valence-electron chi connectivity index (χ0n) is 18.7. The van der Waals surface area contributed by atoms with Crippen LogP contribution in [0, 0.1) is 20.8 Å². The number of carbonyl (C=O) groups is 1. The summed E-state index contributed by atoms with van der Waals surface area (Å²) in [6, 6.07) is 13.3. The number of benzene rings is 2. The third-order valence-corrected chi connectivity index (χ3v) is 5.63. The minimum absolute atomic E-state index is 0.163. The Hall–Kier alpha value is -3.16. The first-order chi connectivity index (χ1) is 15.4. The third kappa shape index (κ3) is 5.18. The first kappa shape index (κ1) is 22.0. The van der Waals surface area contributed by atoms with E-state index in [1.807, 2.05) is 63.2 Å². The molecule has 1 atom stereocenters. The van der Waals surface area contributed by atoms with Crippen molar-refractivity contribution < 1.29 is 14.3 Å². The number of urea groups is 1. The normalized spacial score (nSPS) is 16.2. The second-order valence-corrected chi connectivity index (χ2v) is 8.41. The van der Waals surface area contributed by atoms with Gasteiger partial charge in [0.2, 0.25) is 0 Å². The molecule has 2 heterocycles. The maximum absolute atomic E-state index is 13.2. The van der Waals surface area contributed by atoms with E-state index in [2.05, 4.69) is 10.3 Å². The first-order valence-electron chi connectivity index (χ1n) is 10.8. The summed E-state index contributed by atoms with van der Waals surface area (Å²) in [6.07, 6.45) is -0.239. The summed E-state index contributed by atoms with van der Waals surface area (Å²) in [6.45, 7) is 7.94. The van der Waals surface area contributed by atoms with Gasteiger partial charge in [-0.2, -0.15) is 0 Å². The number of aromatic amines is 1. The number of aryl methyl sites for hydroxylation is 3.